The Morgan fingerprint density at radius 1 is 1.07 bits per heavy atom. The van der Waals surface area contributed by atoms with E-state index in [2.05, 4.69) is 5.32 Å². The highest BCUT2D eigenvalue weighted by molar-refractivity contribution is 7.90. The minimum absolute atomic E-state index is 0.145. The van der Waals surface area contributed by atoms with Crippen LogP contribution in [0.15, 0.2) is 71.6 Å². The zero-order valence-electron chi connectivity index (χ0n) is 14.3. The van der Waals surface area contributed by atoms with E-state index in [1.165, 1.54) is 41.7 Å². The highest BCUT2D eigenvalue weighted by Crippen LogP contribution is 2.29. The first-order valence-corrected chi connectivity index (χ1v) is 10.7. The lowest BCUT2D eigenvalue weighted by atomic mass is 10.2. The number of sulfone groups is 1. The first-order chi connectivity index (χ1) is 12.8. The second-order valence-electron chi connectivity index (χ2n) is 5.83. The normalized spacial score (nSPS) is 11.6. The standard InChI is InChI=1S/C20H16FNO3S2/c1-27(24,25)18-4-2-3-16(13-18)22-20(23)12-10-17-9-11-19(26-17)14-5-7-15(21)8-6-14/h2-13H,1H3,(H,22,23)/b12-10+. The molecule has 0 bridgehead atoms. The van der Waals surface area contributed by atoms with E-state index in [-0.39, 0.29) is 16.6 Å². The summed E-state index contributed by atoms with van der Waals surface area (Å²) in [4.78, 5) is 14.1. The van der Waals surface area contributed by atoms with Crippen LogP contribution >= 0.6 is 11.3 Å². The Hall–Kier alpha value is -2.77. The third-order valence-corrected chi connectivity index (χ3v) is 5.89. The molecule has 4 nitrogen and oxygen atoms in total. The van der Waals surface area contributed by atoms with E-state index in [9.17, 15) is 17.6 Å². The SMILES string of the molecule is CS(=O)(=O)c1cccc(NC(=O)/C=C/c2ccc(-c3ccc(F)cc3)s2)c1. The van der Waals surface area contributed by atoms with Crippen LogP contribution in [-0.2, 0) is 14.6 Å². The number of thiophene rings is 1. The van der Waals surface area contributed by atoms with Gasteiger partial charge in [-0.25, -0.2) is 12.8 Å². The van der Waals surface area contributed by atoms with Crippen molar-refractivity contribution in [2.45, 2.75) is 4.90 Å². The molecular formula is C20H16FNO3S2. The number of rotatable bonds is 5. The van der Waals surface area contributed by atoms with Crippen molar-refractivity contribution in [2.24, 2.45) is 0 Å². The second-order valence-corrected chi connectivity index (χ2v) is 8.96. The van der Waals surface area contributed by atoms with Gasteiger partial charge in [-0.3, -0.25) is 4.79 Å². The molecule has 27 heavy (non-hydrogen) atoms. The molecule has 0 unspecified atom stereocenters. The highest BCUT2D eigenvalue weighted by Gasteiger charge is 2.08. The second kappa shape index (κ2) is 7.85. The first kappa shape index (κ1) is 19.0. The molecule has 1 amide bonds. The highest BCUT2D eigenvalue weighted by atomic mass is 32.2. The van der Waals surface area contributed by atoms with Crippen LogP contribution in [0.5, 0.6) is 0 Å². The number of carbonyl (C=O) groups excluding carboxylic acids is 1. The van der Waals surface area contributed by atoms with E-state index in [1.54, 1.807) is 30.3 Å². The number of amides is 1. The molecule has 3 aromatic rings. The number of benzene rings is 2. The van der Waals surface area contributed by atoms with Crippen LogP contribution in [-0.4, -0.2) is 20.6 Å². The Morgan fingerprint density at radius 2 is 1.81 bits per heavy atom. The van der Waals surface area contributed by atoms with Crippen molar-refractivity contribution < 1.29 is 17.6 Å². The van der Waals surface area contributed by atoms with Gasteiger partial charge >= 0.3 is 0 Å². The van der Waals surface area contributed by atoms with Crippen LogP contribution in [0.1, 0.15) is 4.88 Å². The fraction of sp³-hybridized carbons (Fsp3) is 0.0500. The van der Waals surface area contributed by atoms with Gasteiger partial charge in [-0.15, -0.1) is 11.3 Å². The first-order valence-electron chi connectivity index (χ1n) is 7.96. The summed E-state index contributed by atoms with van der Waals surface area (Å²) in [5.74, 6) is -0.649. The monoisotopic (exact) mass is 401 g/mol. The Bertz CT molecular complexity index is 1100. The topological polar surface area (TPSA) is 63.2 Å². The fourth-order valence-electron chi connectivity index (χ4n) is 2.36. The molecule has 1 N–H and O–H groups in total. The Kier molecular flexibility index (Phi) is 5.53. The summed E-state index contributed by atoms with van der Waals surface area (Å²) in [6.45, 7) is 0. The lowest BCUT2D eigenvalue weighted by Crippen LogP contribution is -2.08. The molecule has 1 heterocycles. The molecule has 0 fully saturated rings. The predicted octanol–water partition coefficient (Wildman–Crippen LogP) is 4.61. The molecule has 2 aromatic carbocycles. The van der Waals surface area contributed by atoms with Gasteiger partial charge in [-0.1, -0.05) is 18.2 Å². The molecule has 0 aliphatic carbocycles. The zero-order valence-corrected chi connectivity index (χ0v) is 16.0. The molecule has 0 aliphatic rings. The number of hydrogen-bond acceptors (Lipinski definition) is 4. The van der Waals surface area contributed by atoms with Gasteiger partial charge in [0.1, 0.15) is 5.82 Å². The molecule has 0 saturated heterocycles. The van der Waals surface area contributed by atoms with Crippen LogP contribution < -0.4 is 5.32 Å². The molecule has 0 radical (unpaired) electrons. The summed E-state index contributed by atoms with van der Waals surface area (Å²) in [6, 6.07) is 16.1. The van der Waals surface area contributed by atoms with E-state index < -0.39 is 9.84 Å². The summed E-state index contributed by atoms with van der Waals surface area (Å²) in [6.07, 6.45) is 4.17. The summed E-state index contributed by atoms with van der Waals surface area (Å²) in [7, 11) is -3.33. The zero-order chi connectivity index (χ0) is 19.4. The Labute approximate surface area is 160 Å². The van der Waals surface area contributed by atoms with Crippen molar-refractivity contribution in [3.63, 3.8) is 0 Å². The summed E-state index contributed by atoms with van der Waals surface area (Å²) < 4.78 is 36.1. The largest absolute Gasteiger partial charge is 0.322 e. The molecule has 0 aliphatic heterocycles. The van der Waals surface area contributed by atoms with Gasteiger partial charge in [0.15, 0.2) is 9.84 Å². The van der Waals surface area contributed by atoms with Gasteiger partial charge in [-0.05, 0) is 54.1 Å². The van der Waals surface area contributed by atoms with Crippen molar-refractivity contribution in [2.75, 3.05) is 11.6 Å². The van der Waals surface area contributed by atoms with E-state index in [1.807, 2.05) is 12.1 Å². The number of hydrogen-bond donors (Lipinski definition) is 1. The molecule has 1 aromatic heterocycles. The summed E-state index contributed by atoms with van der Waals surface area (Å²) in [5.41, 5.74) is 1.31. The number of halogens is 1. The van der Waals surface area contributed by atoms with Crippen LogP contribution in [0.3, 0.4) is 0 Å². The van der Waals surface area contributed by atoms with Crippen LogP contribution in [0.2, 0.25) is 0 Å². The maximum absolute atomic E-state index is 13.0. The minimum atomic E-state index is -3.33. The molecule has 0 spiro atoms. The average molecular weight is 401 g/mol. The van der Waals surface area contributed by atoms with Crippen LogP contribution in [0.25, 0.3) is 16.5 Å². The average Bonchev–Trinajstić information content (AvgIpc) is 3.09. The van der Waals surface area contributed by atoms with Gasteiger partial charge < -0.3 is 5.32 Å². The van der Waals surface area contributed by atoms with E-state index in [4.69, 9.17) is 0 Å². The molecular weight excluding hydrogens is 385 g/mol. The summed E-state index contributed by atoms with van der Waals surface area (Å²) >= 11 is 1.48. The molecule has 0 saturated carbocycles. The third kappa shape index (κ3) is 5.12. The summed E-state index contributed by atoms with van der Waals surface area (Å²) in [5, 5.41) is 2.64. The van der Waals surface area contributed by atoms with Crippen LogP contribution in [0.4, 0.5) is 10.1 Å². The lowest BCUT2D eigenvalue weighted by molar-refractivity contribution is -0.111. The van der Waals surface area contributed by atoms with Crippen LogP contribution in [0, 0.1) is 5.82 Å². The maximum Gasteiger partial charge on any atom is 0.248 e. The van der Waals surface area contributed by atoms with E-state index in [0.29, 0.717) is 5.69 Å². The van der Waals surface area contributed by atoms with Gasteiger partial charge in [0, 0.05) is 27.8 Å². The number of anilines is 1. The van der Waals surface area contributed by atoms with Gasteiger partial charge in [0.25, 0.3) is 0 Å². The fourth-order valence-corrected chi connectivity index (χ4v) is 3.94. The quantitative estimate of drug-likeness (QED) is 0.635. The molecule has 138 valence electrons. The van der Waals surface area contributed by atoms with Crippen molar-refractivity contribution >= 4 is 38.8 Å². The van der Waals surface area contributed by atoms with Crippen molar-refractivity contribution in [3.05, 3.63) is 77.4 Å². The van der Waals surface area contributed by atoms with E-state index >= 15 is 0 Å². The molecule has 3 rings (SSSR count). The molecule has 0 atom stereocenters. The van der Waals surface area contributed by atoms with Crippen molar-refractivity contribution in [1.82, 2.24) is 0 Å². The number of nitrogens with one attached hydrogen (secondary N) is 1. The van der Waals surface area contributed by atoms with Gasteiger partial charge in [0.2, 0.25) is 5.91 Å². The third-order valence-electron chi connectivity index (χ3n) is 3.68. The van der Waals surface area contributed by atoms with Crippen molar-refractivity contribution in [1.29, 1.82) is 0 Å². The maximum atomic E-state index is 13.0. The van der Waals surface area contributed by atoms with Gasteiger partial charge in [0.05, 0.1) is 4.90 Å². The smallest absolute Gasteiger partial charge is 0.248 e. The Morgan fingerprint density at radius 3 is 2.52 bits per heavy atom. The Balaban J connectivity index is 1.68. The van der Waals surface area contributed by atoms with Gasteiger partial charge in [-0.2, -0.15) is 0 Å². The lowest BCUT2D eigenvalue weighted by Gasteiger charge is -2.04. The number of carbonyl (C=O) groups is 1. The molecule has 7 heteroatoms. The van der Waals surface area contributed by atoms with Crippen molar-refractivity contribution in [3.8, 4) is 10.4 Å². The minimum Gasteiger partial charge on any atom is -0.322 e. The van der Waals surface area contributed by atoms with E-state index in [0.717, 1.165) is 21.6 Å². The predicted molar refractivity (Wildman–Crippen MR) is 107 cm³/mol.